The minimum atomic E-state index is -4.51. The fourth-order valence-electron chi connectivity index (χ4n) is 18.3. The van der Waals surface area contributed by atoms with E-state index in [0.717, 1.165) is 215 Å². The molecule has 24 nitrogen and oxygen atoms in total. The van der Waals surface area contributed by atoms with Crippen LogP contribution in [0, 0.1) is 39.5 Å². The molecule has 2 aliphatic carbocycles. The standard InChI is InChI=1S/C34H37F3N4O4.C32H36N4O4.C31H36N4O4/c1-20-31(24-5-3-6-25(17-24)34(35,36)37)45-33(43)41(20)19-28-26(12-14-30(39-28)40-15-4-16-40)27-18-23(11-13-29(27)44-2)21-7-9-22(10-8-21)32(38)42;1-18-12-19(2)14-22(13-18)30-20(3)36(32(38)40-30)17-27-23(7-9-29(34-27)35-10-5-11-35)25-15-21(6-8-28(25)39-4)24-16-26(24)31(33)37;1-19-14-20(2)16-23(15-19)30-21(3)35(31(37)39-30)18-26-24(8-11-29(33-26)34-12-5-13-34)25-17-22(7-10-28(32)36)6-9-27(25)38-4/h3,5-6,11-14,17-18,20-22,31H,4,7-10,15-16,19H2,1-2H3,(H2,38,42);6-9,12-15,20,24,26,30H,5,10-11,16-17H2,1-4H3,(H2,33,37);6,8-9,11,14-17,21,30H,5,7,10,12-13,18H2,1-4H3,(H2,32,36)/t20-,21?,22?,31-;20-,24-,26+,30-;21-,30-/m000/s1. The predicted octanol–water partition coefficient (Wildman–Crippen LogP) is 17.2. The van der Waals surface area contributed by atoms with Gasteiger partial charge in [-0.2, -0.15) is 13.2 Å². The van der Waals surface area contributed by atoms with Crippen molar-refractivity contribution >= 4 is 53.5 Å². The van der Waals surface area contributed by atoms with E-state index in [0.29, 0.717) is 42.5 Å². The van der Waals surface area contributed by atoms with E-state index < -0.39 is 30.0 Å². The summed E-state index contributed by atoms with van der Waals surface area (Å²) in [5, 5.41) is 0. The van der Waals surface area contributed by atoms with E-state index in [-0.39, 0.29) is 96.4 Å². The molecular weight excluding hydrogens is 1580 g/mol. The highest BCUT2D eigenvalue weighted by Crippen LogP contribution is 2.51. The number of ether oxygens (including phenoxy) is 6. The summed E-state index contributed by atoms with van der Waals surface area (Å²) in [6, 6.07) is 46.8. The molecule has 8 fully saturated rings. The van der Waals surface area contributed by atoms with Crippen LogP contribution in [0.2, 0.25) is 0 Å². The van der Waals surface area contributed by atoms with Crippen LogP contribution in [0.1, 0.15) is 187 Å². The van der Waals surface area contributed by atoms with Gasteiger partial charge in [0.15, 0.2) is 0 Å². The van der Waals surface area contributed by atoms with Gasteiger partial charge >= 0.3 is 24.5 Å². The first-order valence-electron chi connectivity index (χ1n) is 42.9. The Morgan fingerprint density at radius 1 is 0.444 bits per heavy atom. The number of cyclic esters (lactones) is 3. The van der Waals surface area contributed by atoms with Gasteiger partial charge in [-0.3, -0.25) is 29.1 Å². The zero-order valence-corrected chi connectivity index (χ0v) is 71.9. The maximum Gasteiger partial charge on any atom is 0.416 e. The smallest absolute Gasteiger partial charge is 0.416 e. The number of hydrogen-bond donors (Lipinski definition) is 3. The van der Waals surface area contributed by atoms with Crippen LogP contribution in [0.25, 0.3) is 33.4 Å². The van der Waals surface area contributed by atoms with Gasteiger partial charge in [0.1, 0.15) is 53.0 Å². The average Bonchev–Trinajstić information content (AvgIpc) is 1.38. The number of primary amides is 3. The Morgan fingerprint density at radius 2 is 0.839 bits per heavy atom. The third-order valence-electron chi connectivity index (χ3n) is 25.7. The van der Waals surface area contributed by atoms with E-state index in [1.807, 2.05) is 74.5 Å². The van der Waals surface area contributed by atoms with Crippen LogP contribution in [0.15, 0.2) is 152 Å². The first kappa shape index (κ1) is 86.5. The molecular formula is C97H109F3N12O12. The van der Waals surface area contributed by atoms with E-state index in [1.54, 1.807) is 44.1 Å². The molecule has 0 spiro atoms. The molecule has 0 bridgehead atoms. The number of anilines is 3. The molecule has 650 valence electrons. The van der Waals surface area contributed by atoms with Crippen molar-refractivity contribution in [2.75, 3.05) is 75.3 Å². The topological polar surface area (TPSA) is 294 Å². The van der Waals surface area contributed by atoms with E-state index in [4.69, 9.17) is 60.6 Å². The Kier molecular flexibility index (Phi) is 25.5. The number of aryl methyl sites for hydroxylation is 5. The van der Waals surface area contributed by atoms with E-state index in [2.05, 4.69) is 109 Å². The second-order valence-electron chi connectivity index (χ2n) is 34.2. The number of hydrogen-bond acceptors (Lipinski definition) is 18. The maximum absolute atomic E-state index is 13.4. The maximum atomic E-state index is 13.4. The number of benzene rings is 6. The Hall–Kier alpha value is -12.4. The number of nitrogens with two attached hydrogens (primary N) is 3. The third kappa shape index (κ3) is 18.7. The van der Waals surface area contributed by atoms with Crippen LogP contribution in [0.5, 0.6) is 17.2 Å². The van der Waals surface area contributed by atoms with Gasteiger partial charge in [0.05, 0.1) is 81.7 Å². The first-order valence-corrected chi connectivity index (χ1v) is 42.9. The minimum absolute atomic E-state index is 0.0919. The lowest BCUT2D eigenvalue weighted by Gasteiger charge is -2.33. The van der Waals surface area contributed by atoms with Gasteiger partial charge < -0.3 is 60.3 Å². The highest BCUT2D eigenvalue weighted by atomic mass is 19.4. The number of halogens is 3. The summed E-state index contributed by atoms with van der Waals surface area (Å²) in [6.07, 6.45) is 0.731. The molecule has 6 N–H and O–H groups in total. The van der Waals surface area contributed by atoms with Crippen LogP contribution in [-0.2, 0) is 60.8 Å². The predicted molar refractivity (Wildman–Crippen MR) is 467 cm³/mol. The SMILES string of the molecule is COc1ccc(C2CCC(C(N)=O)CC2)cc1-c1ccc(N2CCC2)nc1CN1C(=O)O[C@H](c2cccc(C(F)(F)F)c2)[C@@H]1C.COc1ccc(CCC(N)=O)cc1-c1ccc(N2CCC2)nc1CN1C(=O)O[C@H](c2cc(C)cc(C)c2)[C@@H]1C.COc1ccc([C@@H]2C[C@H]2C(N)=O)cc1-c1ccc(N2CCC2)nc1CN1C(=O)O[C@H](c2cc(C)cc(C)c2)[C@@H]1C. The van der Waals surface area contributed by atoms with E-state index in [1.165, 1.54) is 11.0 Å². The number of aromatic nitrogens is 3. The number of alkyl halides is 3. The summed E-state index contributed by atoms with van der Waals surface area (Å²) in [4.78, 5) is 101. The van der Waals surface area contributed by atoms with Crippen molar-refractivity contribution < 1.29 is 70.4 Å². The van der Waals surface area contributed by atoms with Crippen molar-refractivity contribution in [2.45, 2.75) is 187 Å². The van der Waals surface area contributed by atoms with Crippen LogP contribution in [-0.4, -0.2) is 144 Å². The lowest BCUT2D eigenvalue weighted by molar-refractivity contribution is -0.137. The molecule has 3 aromatic heterocycles. The summed E-state index contributed by atoms with van der Waals surface area (Å²) in [5.41, 5.74) is 33.1. The first-order chi connectivity index (χ1) is 59.5. The molecule has 8 atom stereocenters. The zero-order valence-electron chi connectivity index (χ0n) is 71.9. The van der Waals surface area contributed by atoms with Gasteiger partial charge in [0, 0.05) is 90.9 Å². The summed E-state index contributed by atoms with van der Waals surface area (Å²) in [7, 11) is 4.90. The van der Waals surface area contributed by atoms with Crippen molar-refractivity contribution in [3.63, 3.8) is 0 Å². The molecule has 0 unspecified atom stereocenters. The van der Waals surface area contributed by atoms with Gasteiger partial charge in [-0.15, -0.1) is 0 Å². The summed E-state index contributed by atoms with van der Waals surface area (Å²) < 4.78 is 75.1. The van der Waals surface area contributed by atoms with Crippen LogP contribution >= 0.6 is 0 Å². The number of methoxy groups -OCH3 is 3. The van der Waals surface area contributed by atoms with E-state index in [9.17, 15) is 41.9 Å². The van der Waals surface area contributed by atoms with Gasteiger partial charge in [-0.1, -0.05) is 89.0 Å². The highest BCUT2D eigenvalue weighted by molar-refractivity contribution is 5.83. The van der Waals surface area contributed by atoms with Gasteiger partial charge in [0.25, 0.3) is 0 Å². The van der Waals surface area contributed by atoms with Gasteiger partial charge in [-0.05, 0) is 236 Å². The summed E-state index contributed by atoms with van der Waals surface area (Å²) in [5.74, 6) is 3.99. The lowest BCUT2D eigenvalue weighted by Crippen LogP contribution is -2.38. The van der Waals surface area contributed by atoms with Gasteiger partial charge in [-0.25, -0.2) is 29.3 Å². The lowest BCUT2D eigenvalue weighted by atomic mass is 9.78. The minimum Gasteiger partial charge on any atom is -0.496 e. The molecule has 6 saturated heterocycles. The normalized spacial score (nSPS) is 22.0. The number of carbonyl (C=O) groups excluding carboxylic acids is 6. The average molecular weight is 1690 g/mol. The molecule has 2 saturated carbocycles. The number of pyridine rings is 3. The van der Waals surface area contributed by atoms with Crippen molar-refractivity contribution in [1.29, 1.82) is 0 Å². The highest BCUT2D eigenvalue weighted by Gasteiger charge is 2.46. The fourth-order valence-corrected chi connectivity index (χ4v) is 18.3. The summed E-state index contributed by atoms with van der Waals surface area (Å²) in [6.45, 7) is 20.4. The molecule has 6 aliphatic heterocycles. The van der Waals surface area contributed by atoms with Gasteiger partial charge in [0.2, 0.25) is 17.7 Å². The molecule has 124 heavy (non-hydrogen) atoms. The quantitative estimate of drug-likeness (QED) is 0.0448. The number of rotatable bonds is 25. The Balaban J connectivity index is 0.000000144. The zero-order chi connectivity index (χ0) is 87.7. The molecule has 27 heteroatoms. The largest absolute Gasteiger partial charge is 0.496 e. The summed E-state index contributed by atoms with van der Waals surface area (Å²) >= 11 is 0. The molecule has 9 aromatic rings. The Labute approximate surface area is 721 Å². The van der Waals surface area contributed by atoms with Crippen molar-refractivity contribution in [1.82, 2.24) is 29.7 Å². The van der Waals surface area contributed by atoms with Crippen molar-refractivity contribution in [2.24, 2.45) is 29.0 Å². The van der Waals surface area contributed by atoms with Crippen molar-refractivity contribution in [3.05, 3.63) is 230 Å². The molecule has 8 aliphatic rings. The molecule has 9 heterocycles. The Bertz CT molecular complexity index is 5490. The third-order valence-corrected chi connectivity index (χ3v) is 25.7. The molecule has 6 amide bonds. The number of amides is 6. The second-order valence-corrected chi connectivity index (χ2v) is 34.2. The van der Waals surface area contributed by atoms with Crippen molar-refractivity contribution in [3.8, 4) is 50.6 Å². The van der Waals surface area contributed by atoms with E-state index >= 15 is 0 Å². The fraction of sp³-hybridized carbons (Fsp3) is 0.412. The molecule has 0 radical (unpaired) electrons. The van der Waals surface area contributed by atoms with Crippen LogP contribution < -0.4 is 46.1 Å². The van der Waals surface area contributed by atoms with Crippen LogP contribution in [0.4, 0.5) is 45.0 Å². The monoisotopic (exact) mass is 1690 g/mol. The molecule has 17 rings (SSSR count). The number of nitrogens with zero attached hydrogens (tertiary/aromatic N) is 9. The second kappa shape index (κ2) is 36.6. The number of carbonyl (C=O) groups is 6. The Morgan fingerprint density at radius 3 is 1.21 bits per heavy atom. The van der Waals surface area contributed by atoms with Crippen LogP contribution in [0.3, 0.4) is 0 Å². The molecule has 6 aromatic carbocycles.